The molecule has 0 bridgehead atoms. The number of H-pyrrole nitrogens is 1. The van der Waals surface area contributed by atoms with Gasteiger partial charge in [-0.05, 0) is 13.0 Å². The fourth-order valence-corrected chi connectivity index (χ4v) is 2.48. The molecule has 0 radical (unpaired) electrons. The first-order valence-electron chi connectivity index (χ1n) is 5.41. The van der Waals surface area contributed by atoms with E-state index < -0.39 is 10.1 Å². The minimum absolute atomic E-state index is 0.110. The normalized spacial score (nSPS) is 12.1. The van der Waals surface area contributed by atoms with Crippen molar-refractivity contribution in [1.29, 1.82) is 0 Å². The van der Waals surface area contributed by atoms with Crippen LogP contribution >= 0.6 is 0 Å². The first-order chi connectivity index (χ1) is 8.65. The van der Waals surface area contributed by atoms with E-state index in [9.17, 15) is 8.42 Å². The van der Waals surface area contributed by atoms with Gasteiger partial charge >= 0.3 is 10.1 Å². The van der Waals surface area contributed by atoms with Crippen LogP contribution in [0.4, 0.5) is 0 Å². The second kappa shape index (κ2) is 5.14. The van der Waals surface area contributed by atoms with Gasteiger partial charge < -0.3 is 13.9 Å². The number of rotatable bonds is 5. The van der Waals surface area contributed by atoms with Gasteiger partial charge in [0.15, 0.2) is 0 Å². The maximum Gasteiger partial charge on any atom is 0.340 e. The summed E-state index contributed by atoms with van der Waals surface area (Å²) in [7, 11) is -3.82. The molecule has 0 aliphatic rings. The zero-order valence-electron chi connectivity index (χ0n) is 9.79. The van der Waals surface area contributed by atoms with Gasteiger partial charge in [0, 0.05) is 17.1 Å². The van der Waals surface area contributed by atoms with Crippen LogP contribution < -0.4 is 0 Å². The average Bonchev–Trinajstić information content (AvgIpc) is 2.79. The highest BCUT2D eigenvalue weighted by atomic mass is 32.2. The Morgan fingerprint density at radius 1 is 1.28 bits per heavy atom. The molecule has 0 atom stereocenters. The average molecular weight is 267 g/mol. The van der Waals surface area contributed by atoms with Gasteiger partial charge in [0.1, 0.15) is 17.4 Å². The molecule has 0 fully saturated rings. The number of benzene rings is 1. The van der Waals surface area contributed by atoms with Crippen molar-refractivity contribution in [3.05, 3.63) is 43.0 Å². The topological polar surface area (TPSA) is 68.4 Å². The van der Waals surface area contributed by atoms with E-state index in [0.29, 0.717) is 12.0 Å². The molecule has 1 aromatic heterocycles. The van der Waals surface area contributed by atoms with Crippen molar-refractivity contribution < 1.29 is 17.3 Å². The van der Waals surface area contributed by atoms with Gasteiger partial charge in [0.05, 0.1) is 6.61 Å². The molecule has 0 unspecified atom stereocenters. The summed E-state index contributed by atoms with van der Waals surface area (Å²) in [6, 6.07) is 7.11. The quantitative estimate of drug-likeness (QED) is 0.667. The second-order valence-corrected chi connectivity index (χ2v) is 5.02. The van der Waals surface area contributed by atoms with Crippen LogP contribution in [0.5, 0.6) is 0 Å². The largest absolute Gasteiger partial charge is 0.498 e. The fraction of sp³-hybridized carbons (Fsp3) is 0.167. The van der Waals surface area contributed by atoms with E-state index in [1.807, 2.05) is 6.07 Å². The molecule has 18 heavy (non-hydrogen) atoms. The van der Waals surface area contributed by atoms with Gasteiger partial charge in [0.2, 0.25) is 0 Å². The lowest BCUT2D eigenvalue weighted by molar-refractivity contribution is 0.258. The molecule has 0 aliphatic carbocycles. The van der Waals surface area contributed by atoms with Crippen molar-refractivity contribution in [1.82, 2.24) is 4.98 Å². The molecule has 0 aliphatic heterocycles. The van der Waals surface area contributed by atoms with Crippen LogP contribution in [0.15, 0.2) is 47.9 Å². The van der Waals surface area contributed by atoms with Crippen LogP contribution in [0.25, 0.3) is 10.9 Å². The van der Waals surface area contributed by atoms with Gasteiger partial charge in [-0.25, -0.2) is 0 Å². The standard InChI is InChI=1S/C12H13NO4S/c1-2-16-7-8-17-18(14,15)12-9-13-11-6-4-3-5-10(11)12/h3-9,13H,2H2,1H3. The summed E-state index contributed by atoms with van der Waals surface area (Å²) >= 11 is 0. The Balaban J connectivity index is 2.30. The van der Waals surface area contributed by atoms with E-state index in [2.05, 4.69) is 4.98 Å². The molecule has 0 spiro atoms. The second-order valence-electron chi connectivity index (χ2n) is 3.48. The lowest BCUT2D eigenvalue weighted by Crippen LogP contribution is -2.01. The van der Waals surface area contributed by atoms with Gasteiger partial charge in [-0.15, -0.1) is 0 Å². The Kier molecular flexibility index (Phi) is 3.57. The Labute approximate surface area is 105 Å². The third-order valence-corrected chi connectivity index (χ3v) is 3.56. The third kappa shape index (κ3) is 2.48. The summed E-state index contributed by atoms with van der Waals surface area (Å²) in [5.74, 6) is 0. The monoisotopic (exact) mass is 267 g/mol. The summed E-state index contributed by atoms with van der Waals surface area (Å²) in [5.41, 5.74) is 0.744. The van der Waals surface area contributed by atoms with Crippen molar-refractivity contribution in [2.24, 2.45) is 0 Å². The molecule has 1 heterocycles. The van der Waals surface area contributed by atoms with Crippen LogP contribution in [-0.2, 0) is 19.0 Å². The Bertz CT molecular complexity index is 658. The van der Waals surface area contributed by atoms with Crippen LogP contribution in [0.2, 0.25) is 0 Å². The maximum atomic E-state index is 11.9. The van der Waals surface area contributed by atoms with Gasteiger partial charge in [-0.2, -0.15) is 8.42 Å². The molecular formula is C12H13NO4S. The maximum absolute atomic E-state index is 11.9. The Morgan fingerprint density at radius 2 is 2.06 bits per heavy atom. The van der Waals surface area contributed by atoms with Crippen LogP contribution in [0.1, 0.15) is 6.92 Å². The zero-order chi connectivity index (χ0) is 13.0. The van der Waals surface area contributed by atoms with Crippen molar-refractivity contribution >= 4 is 21.0 Å². The number of aromatic nitrogens is 1. The highest BCUT2D eigenvalue weighted by Crippen LogP contribution is 2.23. The number of hydrogen-bond acceptors (Lipinski definition) is 4. The molecule has 5 nitrogen and oxygen atoms in total. The molecule has 2 aromatic rings. The van der Waals surface area contributed by atoms with Crippen molar-refractivity contribution in [2.75, 3.05) is 6.61 Å². The number of nitrogens with one attached hydrogen (secondary N) is 1. The zero-order valence-corrected chi connectivity index (χ0v) is 10.6. The smallest absolute Gasteiger partial charge is 0.340 e. The summed E-state index contributed by atoms with van der Waals surface area (Å²) in [6.45, 7) is 2.24. The highest BCUT2D eigenvalue weighted by molar-refractivity contribution is 7.87. The minimum Gasteiger partial charge on any atom is -0.498 e. The molecule has 0 saturated heterocycles. The molecule has 6 heteroatoms. The van der Waals surface area contributed by atoms with Crippen molar-refractivity contribution in [3.63, 3.8) is 0 Å². The molecule has 0 amide bonds. The number of aromatic amines is 1. The number of ether oxygens (including phenoxy) is 1. The molecule has 1 N–H and O–H groups in total. The van der Waals surface area contributed by atoms with E-state index >= 15 is 0 Å². The number of para-hydroxylation sites is 1. The van der Waals surface area contributed by atoms with Gasteiger partial charge in [0.25, 0.3) is 0 Å². The van der Waals surface area contributed by atoms with E-state index in [1.54, 1.807) is 25.1 Å². The van der Waals surface area contributed by atoms with Gasteiger partial charge in [-0.1, -0.05) is 18.2 Å². The highest BCUT2D eigenvalue weighted by Gasteiger charge is 2.19. The molecule has 0 saturated carbocycles. The SMILES string of the molecule is CCOC=COS(=O)(=O)c1c[nH]c2ccccc12. The lowest BCUT2D eigenvalue weighted by Gasteiger charge is -2.01. The summed E-state index contributed by atoms with van der Waals surface area (Å²) < 4.78 is 33.4. The van der Waals surface area contributed by atoms with E-state index in [4.69, 9.17) is 8.92 Å². The molecule has 96 valence electrons. The van der Waals surface area contributed by atoms with Crippen LogP contribution in [-0.4, -0.2) is 20.0 Å². The van der Waals surface area contributed by atoms with E-state index in [0.717, 1.165) is 11.8 Å². The fourth-order valence-electron chi connectivity index (χ4n) is 1.53. The van der Waals surface area contributed by atoms with Gasteiger partial charge in [-0.3, -0.25) is 0 Å². The van der Waals surface area contributed by atoms with E-state index in [-0.39, 0.29) is 4.90 Å². The van der Waals surface area contributed by atoms with Crippen molar-refractivity contribution in [3.8, 4) is 0 Å². The Morgan fingerprint density at radius 3 is 2.83 bits per heavy atom. The molecule has 2 rings (SSSR count). The summed E-state index contributed by atoms with van der Waals surface area (Å²) in [4.78, 5) is 2.99. The summed E-state index contributed by atoms with van der Waals surface area (Å²) in [6.07, 6.45) is 3.63. The predicted octanol–water partition coefficient (Wildman–Crippen LogP) is 2.38. The number of hydrogen-bond donors (Lipinski definition) is 1. The van der Waals surface area contributed by atoms with Crippen LogP contribution in [0.3, 0.4) is 0 Å². The molecule has 1 aromatic carbocycles. The predicted molar refractivity (Wildman–Crippen MR) is 67.3 cm³/mol. The van der Waals surface area contributed by atoms with E-state index in [1.165, 1.54) is 12.5 Å². The van der Waals surface area contributed by atoms with Crippen molar-refractivity contribution in [2.45, 2.75) is 11.8 Å². The third-order valence-electron chi connectivity index (χ3n) is 2.32. The lowest BCUT2D eigenvalue weighted by atomic mass is 10.2. The van der Waals surface area contributed by atoms with Crippen LogP contribution in [0, 0.1) is 0 Å². The molecular weight excluding hydrogens is 254 g/mol. The number of fused-ring (bicyclic) bond motifs is 1. The first-order valence-corrected chi connectivity index (χ1v) is 6.82. The Hall–Kier alpha value is -1.95. The minimum atomic E-state index is -3.82. The first kappa shape index (κ1) is 12.5. The summed E-state index contributed by atoms with van der Waals surface area (Å²) in [5, 5.41) is 0.599.